The second kappa shape index (κ2) is 4.43. The van der Waals surface area contributed by atoms with Gasteiger partial charge in [0.25, 0.3) is 0 Å². The van der Waals surface area contributed by atoms with Gasteiger partial charge in [0.2, 0.25) is 0 Å². The molecule has 2 unspecified atom stereocenters. The summed E-state index contributed by atoms with van der Waals surface area (Å²) in [7, 11) is 3.61. The average Bonchev–Trinajstić information content (AvgIpc) is 2.17. The molecule has 0 aromatic carbocycles. The number of ether oxygens (including phenoxy) is 2. The maximum atomic E-state index is 5.72. The van der Waals surface area contributed by atoms with Gasteiger partial charge in [0, 0.05) is 14.2 Å². The molecule has 0 saturated heterocycles. The van der Waals surface area contributed by atoms with Crippen LogP contribution < -0.4 is 0 Å². The molecule has 0 aliphatic heterocycles. The molecule has 0 heterocycles. The minimum Gasteiger partial charge on any atom is -0.378 e. The van der Waals surface area contributed by atoms with Crippen LogP contribution in [0.5, 0.6) is 0 Å². The molecule has 2 heteroatoms. The first-order valence-corrected chi connectivity index (χ1v) is 5.25. The first kappa shape index (κ1) is 11.0. The van der Waals surface area contributed by atoms with Crippen molar-refractivity contribution < 1.29 is 9.47 Å². The molecule has 0 bridgehead atoms. The normalized spacial score (nSPS) is 35.3. The third kappa shape index (κ3) is 1.89. The summed E-state index contributed by atoms with van der Waals surface area (Å²) in [5.41, 5.74) is -0.0347. The molecule has 0 radical (unpaired) electrons. The molecule has 0 amide bonds. The van der Waals surface area contributed by atoms with Crippen molar-refractivity contribution in [3.8, 4) is 0 Å². The molecule has 0 N–H and O–H groups in total. The molecule has 1 rings (SSSR count). The highest BCUT2D eigenvalue weighted by Gasteiger charge is 2.43. The van der Waals surface area contributed by atoms with Crippen molar-refractivity contribution >= 4 is 0 Å². The zero-order valence-electron chi connectivity index (χ0n) is 9.30. The Morgan fingerprint density at radius 3 is 2.31 bits per heavy atom. The molecular weight excluding hydrogens is 164 g/mol. The summed E-state index contributed by atoms with van der Waals surface area (Å²) in [6.07, 6.45) is 5.11. The molecular formula is C11H22O2. The molecule has 0 spiro atoms. The Bertz CT molecular complexity index is 156. The van der Waals surface area contributed by atoms with Gasteiger partial charge >= 0.3 is 0 Å². The van der Waals surface area contributed by atoms with Crippen molar-refractivity contribution in [3.63, 3.8) is 0 Å². The van der Waals surface area contributed by atoms with Gasteiger partial charge in [-0.15, -0.1) is 0 Å². The third-order valence-corrected chi connectivity index (χ3v) is 3.47. The quantitative estimate of drug-likeness (QED) is 0.674. The molecule has 78 valence electrons. The Hall–Kier alpha value is -0.0800. The van der Waals surface area contributed by atoms with Crippen LogP contribution in [0.1, 0.15) is 39.5 Å². The molecule has 0 aromatic rings. The summed E-state index contributed by atoms with van der Waals surface area (Å²) < 4.78 is 11.3. The number of methoxy groups -OCH3 is 2. The van der Waals surface area contributed by atoms with E-state index in [9.17, 15) is 0 Å². The molecule has 1 aliphatic rings. The van der Waals surface area contributed by atoms with Crippen LogP contribution in [0.3, 0.4) is 0 Å². The fourth-order valence-corrected chi connectivity index (χ4v) is 2.58. The van der Waals surface area contributed by atoms with Crippen molar-refractivity contribution in [1.29, 1.82) is 0 Å². The molecule has 1 saturated carbocycles. The molecule has 1 aliphatic carbocycles. The van der Waals surface area contributed by atoms with Crippen LogP contribution in [0.2, 0.25) is 0 Å². The highest BCUT2D eigenvalue weighted by atomic mass is 16.5. The summed E-state index contributed by atoms with van der Waals surface area (Å²) in [5.74, 6) is 0.530. The Balaban J connectivity index is 2.78. The lowest BCUT2D eigenvalue weighted by molar-refractivity contribution is -0.162. The van der Waals surface area contributed by atoms with Gasteiger partial charge in [0.1, 0.15) is 0 Å². The van der Waals surface area contributed by atoms with Gasteiger partial charge in [-0.25, -0.2) is 0 Å². The first-order valence-electron chi connectivity index (χ1n) is 5.25. The average molecular weight is 186 g/mol. The van der Waals surface area contributed by atoms with Crippen molar-refractivity contribution in [2.45, 2.75) is 51.2 Å². The van der Waals surface area contributed by atoms with Crippen molar-refractivity contribution in [2.75, 3.05) is 14.2 Å². The van der Waals surface area contributed by atoms with E-state index in [1.165, 1.54) is 12.8 Å². The first-order chi connectivity index (χ1) is 6.17. The van der Waals surface area contributed by atoms with E-state index in [0.29, 0.717) is 5.92 Å². The minimum atomic E-state index is -0.0347. The molecule has 13 heavy (non-hydrogen) atoms. The van der Waals surface area contributed by atoms with Crippen LogP contribution >= 0.6 is 0 Å². The Kier molecular flexibility index (Phi) is 3.74. The zero-order chi connectivity index (χ0) is 9.90. The van der Waals surface area contributed by atoms with Crippen molar-refractivity contribution in [3.05, 3.63) is 0 Å². The van der Waals surface area contributed by atoms with Gasteiger partial charge in [-0.3, -0.25) is 0 Å². The van der Waals surface area contributed by atoms with Gasteiger partial charge < -0.3 is 9.47 Å². The summed E-state index contributed by atoms with van der Waals surface area (Å²) in [6.45, 7) is 4.45. The lowest BCUT2D eigenvalue weighted by Crippen LogP contribution is -2.51. The molecule has 1 fully saturated rings. The predicted molar refractivity (Wildman–Crippen MR) is 53.8 cm³/mol. The van der Waals surface area contributed by atoms with Crippen LogP contribution in [0.4, 0.5) is 0 Å². The monoisotopic (exact) mass is 186 g/mol. The van der Waals surface area contributed by atoms with Crippen LogP contribution in [0.15, 0.2) is 0 Å². The summed E-state index contributed by atoms with van der Waals surface area (Å²) in [5, 5.41) is 0. The number of rotatable bonds is 3. The summed E-state index contributed by atoms with van der Waals surface area (Å²) in [6, 6.07) is 0. The fraction of sp³-hybridized carbons (Fsp3) is 1.00. The van der Waals surface area contributed by atoms with Crippen LogP contribution in [-0.4, -0.2) is 25.9 Å². The Morgan fingerprint density at radius 1 is 1.23 bits per heavy atom. The van der Waals surface area contributed by atoms with E-state index in [2.05, 4.69) is 13.8 Å². The number of hydrogen-bond acceptors (Lipinski definition) is 2. The highest BCUT2D eigenvalue weighted by molar-refractivity contribution is 4.94. The third-order valence-electron chi connectivity index (χ3n) is 3.47. The minimum absolute atomic E-state index is 0.0347. The lowest BCUT2D eigenvalue weighted by atomic mass is 9.74. The SMILES string of the molecule is COC1CCCCC1(OC)C(C)C. The fourth-order valence-electron chi connectivity index (χ4n) is 2.58. The molecule has 0 aromatic heterocycles. The molecule has 2 nitrogen and oxygen atoms in total. The van der Waals surface area contributed by atoms with Crippen molar-refractivity contribution in [2.24, 2.45) is 5.92 Å². The van der Waals surface area contributed by atoms with E-state index < -0.39 is 0 Å². The maximum Gasteiger partial charge on any atom is 0.0961 e. The van der Waals surface area contributed by atoms with Gasteiger partial charge in [-0.1, -0.05) is 26.7 Å². The zero-order valence-corrected chi connectivity index (χ0v) is 9.30. The Labute approximate surface area is 81.6 Å². The second-order valence-electron chi connectivity index (χ2n) is 4.28. The van der Waals surface area contributed by atoms with Gasteiger partial charge in [-0.2, -0.15) is 0 Å². The lowest BCUT2D eigenvalue weighted by Gasteiger charge is -2.45. The highest BCUT2D eigenvalue weighted by Crippen LogP contribution is 2.38. The van der Waals surface area contributed by atoms with E-state index in [0.717, 1.165) is 12.8 Å². The van der Waals surface area contributed by atoms with E-state index in [-0.39, 0.29) is 11.7 Å². The van der Waals surface area contributed by atoms with Crippen molar-refractivity contribution in [1.82, 2.24) is 0 Å². The maximum absolute atomic E-state index is 5.72. The predicted octanol–water partition coefficient (Wildman–Crippen LogP) is 2.62. The van der Waals surface area contributed by atoms with Crippen LogP contribution in [0, 0.1) is 5.92 Å². The van der Waals surface area contributed by atoms with Gasteiger partial charge in [0.15, 0.2) is 0 Å². The van der Waals surface area contributed by atoms with Crippen LogP contribution in [0.25, 0.3) is 0 Å². The standard InChI is InChI=1S/C11H22O2/c1-9(2)11(13-4)8-6-5-7-10(11)12-3/h9-10H,5-8H2,1-4H3. The smallest absolute Gasteiger partial charge is 0.0961 e. The van der Waals surface area contributed by atoms with E-state index in [1.54, 1.807) is 7.11 Å². The van der Waals surface area contributed by atoms with E-state index in [4.69, 9.17) is 9.47 Å². The van der Waals surface area contributed by atoms with E-state index >= 15 is 0 Å². The Morgan fingerprint density at radius 2 is 1.92 bits per heavy atom. The topological polar surface area (TPSA) is 18.5 Å². The molecule has 2 atom stereocenters. The summed E-state index contributed by atoms with van der Waals surface area (Å²) in [4.78, 5) is 0. The van der Waals surface area contributed by atoms with Crippen LogP contribution in [-0.2, 0) is 9.47 Å². The second-order valence-corrected chi connectivity index (χ2v) is 4.28. The van der Waals surface area contributed by atoms with Gasteiger partial charge in [0.05, 0.1) is 11.7 Å². The largest absolute Gasteiger partial charge is 0.378 e. The summed E-state index contributed by atoms with van der Waals surface area (Å²) >= 11 is 0. The van der Waals surface area contributed by atoms with E-state index in [1.807, 2.05) is 7.11 Å². The van der Waals surface area contributed by atoms with Gasteiger partial charge in [-0.05, 0) is 18.8 Å². The number of hydrogen-bond donors (Lipinski definition) is 0.